The Morgan fingerprint density at radius 3 is 2.53 bits per heavy atom. The van der Waals surface area contributed by atoms with Crippen LogP contribution in [-0.4, -0.2) is 81.2 Å². The van der Waals surface area contributed by atoms with Crippen LogP contribution in [-0.2, 0) is 19.6 Å². The largest absolute Gasteiger partial charge is 0.487 e. The van der Waals surface area contributed by atoms with Crippen molar-refractivity contribution in [3.8, 4) is 16.9 Å². The van der Waals surface area contributed by atoms with E-state index in [9.17, 15) is 22.7 Å². The van der Waals surface area contributed by atoms with Gasteiger partial charge in [-0.1, -0.05) is 25.1 Å². The van der Waals surface area contributed by atoms with Crippen LogP contribution in [0.15, 0.2) is 47.4 Å². The number of benzene rings is 2. The predicted octanol–water partition coefficient (Wildman–Crippen LogP) is 2.37. The Bertz CT molecular complexity index is 1110. The fourth-order valence-electron chi connectivity index (χ4n) is 3.87. The van der Waals surface area contributed by atoms with E-state index in [0.29, 0.717) is 11.1 Å². The van der Waals surface area contributed by atoms with Gasteiger partial charge in [0.15, 0.2) is 0 Å². The molecule has 0 aromatic heterocycles. The maximum atomic E-state index is 13.5. The fourth-order valence-corrected chi connectivity index (χ4v) is 5.70. The Morgan fingerprint density at radius 1 is 1.26 bits per heavy atom. The summed E-state index contributed by atoms with van der Waals surface area (Å²) >= 11 is 0. The number of rotatable bonds is 7. The van der Waals surface area contributed by atoms with Crippen LogP contribution in [0.2, 0.25) is 0 Å². The van der Waals surface area contributed by atoms with Gasteiger partial charge in [0, 0.05) is 32.7 Å². The minimum Gasteiger partial charge on any atom is -0.487 e. The Hall–Kier alpha value is -2.53. The molecule has 3 rings (SSSR count). The van der Waals surface area contributed by atoms with E-state index < -0.39 is 22.2 Å². The number of methoxy groups -OCH3 is 1. The van der Waals surface area contributed by atoms with E-state index in [1.165, 1.54) is 34.5 Å². The molecular formula is C24H31FN2O6S. The van der Waals surface area contributed by atoms with Gasteiger partial charge in [-0.25, -0.2) is 12.8 Å². The summed E-state index contributed by atoms with van der Waals surface area (Å²) in [5, 5.41) is 9.74. The molecule has 0 saturated carbocycles. The first-order chi connectivity index (χ1) is 16.1. The lowest BCUT2D eigenvalue weighted by molar-refractivity contribution is -0.135. The molecule has 0 saturated heterocycles. The Morgan fingerprint density at radius 2 is 1.91 bits per heavy atom. The zero-order valence-corrected chi connectivity index (χ0v) is 20.6. The number of carbonyl (C=O) groups is 1. The zero-order chi connectivity index (χ0) is 25.0. The van der Waals surface area contributed by atoms with Crippen molar-refractivity contribution in [2.45, 2.75) is 30.9 Å². The van der Waals surface area contributed by atoms with E-state index in [2.05, 4.69) is 0 Å². The molecule has 3 atom stereocenters. The van der Waals surface area contributed by atoms with Crippen molar-refractivity contribution in [2.24, 2.45) is 5.92 Å². The van der Waals surface area contributed by atoms with Crippen LogP contribution in [0, 0.1) is 11.7 Å². The Labute approximate surface area is 199 Å². The van der Waals surface area contributed by atoms with Crippen molar-refractivity contribution in [2.75, 3.05) is 40.5 Å². The summed E-state index contributed by atoms with van der Waals surface area (Å²) in [4.78, 5) is 13.8. The Balaban J connectivity index is 2.08. The highest BCUT2D eigenvalue weighted by Crippen LogP contribution is 2.36. The molecule has 0 spiro atoms. The molecule has 8 nitrogen and oxygen atoms in total. The zero-order valence-electron chi connectivity index (χ0n) is 19.8. The van der Waals surface area contributed by atoms with Gasteiger partial charge in [-0.05, 0) is 42.3 Å². The van der Waals surface area contributed by atoms with Gasteiger partial charge in [-0.3, -0.25) is 4.79 Å². The van der Waals surface area contributed by atoms with Crippen LogP contribution in [0.5, 0.6) is 5.75 Å². The minimum absolute atomic E-state index is 0.0265. The number of halogens is 1. The van der Waals surface area contributed by atoms with Gasteiger partial charge in [0.25, 0.3) is 0 Å². The topological polar surface area (TPSA) is 96.4 Å². The van der Waals surface area contributed by atoms with Crippen molar-refractivity contribution in [3.05, 3.63) is 48.3 Å². The van der Waals surface area contributed by atoms with Crippen molar-refractivity contribution in [3.63, 3.8) is 0 Å². The van der Waals surface area contributed by atoms with Crippen LogP contribution >= 0.6 is 0 Å². The molecule has 186 valence electrons. The summed E-state index contributed by atoms with van der Waals surface area (Å²) in [5.41, 5.74) is 1.36. The maximum absolute atomic E-state index is 13.5. The van der Waals surface area contributed by atoms with Crippen LogP contribution < -0.4 is 4.74 Å². The number of fused-ring (bicyclic) bond motifs is 1. The van der Waals surface area contributed by atoms with Gasteiger partial charge in [-0.2, -0.15) is 4.31 Å². The lowest BCUT2D eigenvalue weighted by Crippen LogP contribution is -2.50. The summed E-state index contributed by atoms with van der Waals surface area (Å²) < 4.78 is 52.9. The van der Waals surface area contributed by atoms with E-state index >= 15 is 0 Å². The van der Waals surface area contributed by atoms with Gasteiger partial charge in [-0.15, -0.1) is 0 Å². The number of aliphatic hydroxyl groups excluding tert-OH is 1. The van der Waals surface area contributed by atoms with E-state index in [0.717, 1.165) is 0 Å². The maximum Gasteiger partial charge on any atom is 0.248 e. The average molecular weight is 495 g/mol. The first kappa shape index (κ1) is 26.1. The normalized spacial score (nSPS) is 21.0. The molecule has 34 heavy (non-hydrogen) atoms. The van der Waals surface area contributed by atoms with Crippen LogP contribution in [0.25, 0.3) is 11.1 Å². The van der Waals surface area contributed by atoms with Gasteiger partial charge >= 0.3 is 0 Å². The number of aliphatic hydroxyl groups is 1. The summed E-state index contributed by atoms with van der Waals surface area (Å²) in [6.07, 6.45) is -0.531. The summed E-state index contributed by atoms with van der Waals surface area (Å²) in [7, 11) is -0.908. The number of carbonyl (C=O) groups excluding carboxylic acids is 1. The number of amides is 1. The number of hydrogen-bond donors (Lipinski definition) is 1. The molecule has 1 aliphatic rings. The Kier molecular flexibility index (Phi) is 8.29. The highest BCUT2D eigenvalue weighted by molar-refractivity contribution is 7.89. The molecule has 0 fully saturated rings. The molecule has 1 amide bonds. The molecule has 0 unspecified atom stereocenters. The first-order valence-corrected chi connectivity index (χ1v) is 12.4. The SMILES string of the molecule is COCC(=O)N(C)C[C@H]1Oc2cc(-c3ccc(F)cc3)ccc2S(=O)(=O)N([C@@H](C)CO)C[C@@H]1C. The number of sulfonamides is 1. The highest BCUT2D eigenvalue weighted by Gasteiger charge is 2.38. The van der Waals surface area contributed by atoms with Gasteiger partial charge < -0.3 is 19.5 Å². The van der Waals surface area contributed by atoms with Gasteiger partial charge in [0.1, 0.15) is 29.2 Å². The van der Waals surface area contributed by atoms with E-state index in [4.69, 9.17) is 9.47 Å². The van der Waals surface area contributed by atoms with Crippen LogP contribution in [0.1, 0.15) is 13.8 Å². The van der Waals surface area contributed by atoms with Crippen LogP contribution in [0.3, 0.4) is 0 Å². The summed E-state index contributed by atoms with van der Waals surface area (Å²) in [6.45, 7) is 3.39. The highest BCUT2D eigenvalue weighted by atomic mass is 32.2. The van der Waals surface area contributed by atoms with Gasteiger partial charge in [0.05, 0.1) is 13.2 Å². The number of hydrogen-bond acceptors (Lipinski definition) is 6. The van der Waals surface area contributed by atoms with E-state index in [1.54, 1.807) is 38.2 Å². The molecule has 2 aromatic rings. The second kappa shape index (κ2) is 10.8. The van der Waals surface area contributed by atoms with E-state index in [1.807, 2.05) is 6.92 Å². The molecule has 2 aromatic carbocycles. The van der Waals surface area contributed by atoms with Crippen molar-refractivity contribution in [1.82, 2.24) is 9.21 Å². The third-order valence-electron chi connectivity index (χ3n) is 5.99. The summed E-state index contributed by atoms with van der Waals surface area (Å²) in [6, 6.07) is 9.94. The fraction of sp³-hybridized carbons (Fsp3) is 0.458. The predicted molar refractivity (Wildman–Crippen MR) is 125 cm³/mol. The van der Waals surface area contributed by atoms with Crippen LogP contribution in [0.4, 0.5) is 4.39 Å². The quantitative estimate of drug-likeness (QED) is 0.635. The molecular weight excluding hydrogens is 463 g/mol. The molecule has 10 heteroatoms. The molecule has 1 heterocycles. The monoisotopic (exact) mass is 494 g/mol. The number of likely N-dealkylation sites (N-methyl/N-ethyl adjacent to an activating group) is 1. The number of nitrogens with zero attached hydrogens (tertiary/aromatic N) is 2. The molecule has 1 N–H and O–H groups in total. The summed E-state index contributed by atoms with van der Waals surface area (Å²) in [5.74, 6) is -0.765. The first-order valence-electron chi connectivity index (χ1n) is 11.0. The van der Waals surface area contributed by atoms with Crippen molar-refractivity contribution >= 4 is 15.9 Å². The number of ether oxygens (including phenoxy) is 2. The third-order valence-corrected chi connectivity index (χ3v) is 8.01. The van der Waals surface area contributed by atoms with Gasteiger partial charge in [0.2, 0.25) is 15.9 Å². The third kappa shape index (κ3) is 5.57. The molecule has 1 aliphatic heterocycles. The van der Waals surface area contributed by atoms with E-state index in [-0.39, 0.29) is 54.6 Å². The second-order valence-electron chi connectivity index (χ2n) is 8.62. The smallest absolute Gasteiger partial charge is 0.248 e. The van der Waals surface area contributed by atoms with Crippen molar-refractivity contribution < 1.29 is 32.2 Å². The average Bonchev–Trinajstić information content (AvgIpc) is 2.81. The molecule has 0 bridgehead atoms. The molecule has 0 aliphatic carbocycles. The molecule has 0 radical (unpaired) electrons. The lowest BCUT2D eigenvalue weighted by atomic mass is 10.0. The lowest BCUT2D eigenvalue weighted by Gasteiger charge is -2.37. The standard InChI is InChI=1S/C24H31FN2O6S/c1-16-12-27(17(2)14-28)34(30,31)23-10-7-19(18-5-8-20(25)9-6-18)11-21(23)33-22(16)13-26(3)24(29)15-32-4/h5-11,16-17,22,28H,12-15H2,1-4H3/t16-,17-,22+/m0/s1. The van der Waals surface area contributed by atoms with Crippen molar-refractivity contribution in [1.29, 1.82) is 0 Å². The minimum atomic E-state index is -3.98. The second-order valence-corrected chi connectivity index (χ2v) is 10.5.